The number of aromatic nitrogens is 1. The Hall–Kier alpha value is -2.26. The number of pyridine rings is 1. The van der Waals surface area contributed by atoms with Gasteiger partial charge in [-0.05, 0) is 68.7 Å². The minimum absolute atomic E-state index is 0.0580. The lowest BCUT2D eigenvalue weighted by Crippen LogP contribution is -2.39. The van der Waals surface area contributed by atoms with E-state index in [-0.39, 0.29) is 5.41 Å². The molecule has 3 heteroatoms. The molecule has 132 valence electrons. The van der Waals surface area contributed by atoms with E-state index in [1.807, 2.05) is 6.92 Å². The van der Waals surface area contributed by atoms with Crippen LogP contribution in [-0.4, -0.2) is 35.8 Å². The third-order valence-electron chi connectivity index (χ3n) is 6.55. The molecule has 0 saturated carbocycles. The van der Waals surface area contributed by atoms with Crippen molar-refractivity contribution in [3.8, 4) is 0 Å². The van der Waals surface area contributed by atoms with Crippen LogP contribution in [0, 0.1) is 6.92 Å². The summed E-state index contributed by atoms with van der Waals surface area (Å²) in [5.74, 6) is 0.328. The Kier molecular flexibility index (Phi) is 3.45. The molecule has 1 aliphatic heterocycles. The zero-order chi connectivity index (χ0) is 17.9. The number of fused-ring (bicyclic) bond motifs is 3. The fourth-order valence-corrected chi connectivity index (χ4v) is 4.98. The maximum atomic E-state index is 12.7. The highest BCUT2D eigenvalue weighted by Crippen LogP contribution is 2.47. The molecule has 2 aromatic rings. The predicted octanol–water partition coefficient (Wildman–Crippen LogP) is 3.93. The van der Waals surface area contributed by atoms with Crippen molar-refractivity contribution in [1.29, 1.82) is 0 Å². The van der Waals surface area contributed by atoms with Crippen molar-refractivity contribution in [2.75, 3.05) is 20.1 Å². The average molecular weight is 344 g/mol. The lowest BCUT2D eigenvalue weighted by Gasteiger charge is -2.38. The number of carbonyl (C=O) groups excluding carboxylic acids is 1. The molecular weight excluding hydrogens is 320 g/mol. The van der Waals surface area contributed by atoms with Gasteiger partial charge >= 0.3 is 0 Å². The van der Waals surface area contributed by atoms with Gasteiger partial charge in [-0.15, -0.1) is 0 Å². The van der Waals surface area contributed by atoms with Crippen LogP contribution in [0.15, 0.2) is 36.4 Å². The maximum absolute atomic E-state index is 12.7. The largest absolute Gasteiger partial charge is 0.306 e. The number of piperidine rings is 1. The molecule has 3 nitrogen and oxygen atoms in total. The second-order valence-electron chi connectivity index (χ2n) is 8.21. The molecule has 1 spiro atoms. The summed E-state index contributed by atoms with van der Waals surface area (Å²) in [5, 5.41) is 0. The van der Waals surface area contributed by atoms with Crippen molar-refractivity contribution in [2.24, 2.45) is 0 Å². The number of ketones is 1. The van der Waals surface area contributed by atoms with E-state index in [4.69, 9.17) is 4.98 Å². The number of allylic oxidation sites excluding steroid dienone is 1. The highest BCUT2D eigenvalue weighted by molar-refractivity contribution is 6.03. The Bertz CT molecular complexity index is 949. The van der Waals surface area contributed by atoms with Crippen molar-refractivity contribution >= 4 is 11.4 Å². The Morgan fingerprint density at radius 1 is 1.08 bits per heavy atom. The summed E-state index contributed by atoms with van der Waals surface area (Å²) in [4.78, 5) is 19.7. The van der Waals surface area contributed by atoms with Crippen LogP contribution in [0.1, 0.15) is 57.7 Å². The van der Waals surface area contributed by atoms with E-state index in [1.54, 1.807) is 0 Å². The lowest BCUT2D eigenvalue weighted by atomic mass is 9.73. The van der Waals surface area contributed by atoms with Crippen molar-refractivity contribution in [3.63, 3.8) is 0 Å². The number of aryl methyl sites for hydroxylation is 1. The molecule has 2 heterocycles. The topological polar surface area (TPSA) is 33.2 Å². The summed E-state index contributed by atoms with van der Waals surface area (Å²) in [6, 6.07) is 10.8. The fourth-order valence-electron chi connectivity index (χ4n) is 4.98. The van der Waals surface area contributed by atoms with Gasteiger partial charge in [0.25, 0.3) is 0 Å². The van der Waals surface area contributed by atoms with Crippen molar-refractivity contribution in [2.45, 2.75) is 38.0 Å². The van der Waals surface area contributed by atoms with Gasteiger partial charge in [-0.1, -0.05) is 24.3 Å². The van der Waals surface area contributed by atoms with Crippen molar-refractivity contribution in [1.82, 2.24) is 9.88 Å². The maximum Gasteiger partial charge on any atom is 0.164 e. The number of nitrogens with zero attached hydrogens (tertiary/aromatic N) is 2. The van der Waals surface area contributed by atoms with E-state index in [0.717, 1.165) is 43.6 Å². The van der Waals surface area contributed by atoms with Crippen LogP contribution < -0.4 is 0 Å². The van der Waals surface area contributed by atoms with Gasteiger partial charge in [-0.25, -0.2) is 0 Å². The molecule has 0 amide bonds. The van der Waals surface area contributed by atoms with Gasteiger partial charge in [0.1, 0.15) is 0 Å². The summed E-state index contributed by atoms with van der Waals surface area (Å²) in [6.07, 6.45) is 6.05. The van der Waals surface area contributed by atoms with Crippen LogP contribution in [-0.2, 0) is 11.8 Å². The molecule has 3 aliphatic rings. The average Bonchev–Trinajstić information content (AvgIpc) is 3.17. The molecule has 1 saturated heterocycles. The van der Waals surface area contributed by atoms with Gasteiger partial charge in [0.15, 0.2) is 5.78 Å². The molecule has 0 unspecified atom stereocenters. The Morgan fingerprint density at radius 3 is 2.65 bits per heavy atom. The van der Waals surface area contributed by atoms with Crippen LogP contribution in [0.2, 0.25) is 0 Å². The number of carbonyl (C=O) groups is 1. The number of rotatable bonds is 1. The zero-order valence-electron chi connectivity index (χ0n) is 15.5. The highest BCUT2D eigenvalue weighted by atomic mass is 16.1. The molecule has 1 aromatic carbocycles. The third-order valence-corrected chi connectivity index (χ3v) is 6.55. The number of Topliss-reactive ketones (excluding diaryl/α,β-unsaturated/α-hetero) is 1. The Balaban J connectivity index is 1.58. The number of likely N-dealkylation sites (tertiary alicyclic amines) is 1. The van der Waals surface area contributed by atoms with Crippen molar-refractivity contribution < 1.29 is 4.79 Å². The van der Waals surface area contributed by atoms with Gasteiger partial charge < -0.3 is 4.90 Å². The van der Waals surface area contributed by atoms with E-state index in [1.165, 1.54) is 28.0 Å². The fraction of sp³-hybridized carbons (Fsp3) is 0.391. The highest BCUT2D eigenvalue weighted by Gasteiger charge is 2.44. The van der Waals surface area contributed by atoms with E-state index < -0.39 is 0 Å². The molecule has 1 fully saturated rings. The normalized spacial score (nSPS) is 21.0. The Labute approximate surface area is 154 Å². The van der Waals surface area contributed by atoms with Gasteiger partial charge in [0.05, 0.1) is 5.69 Å². The smallest absolute Gasteiger partial charge is 0.164 e. The van der Waals surface area contributed by atoms with Crippen LogP contribution in [0.25, 0.3) is 5.57 Å². The van der Waals surface area contributed by atoms with E-state index >= 15 is 0 Å². The first-order chi connectivity index (χ1) is 12.6. The summed E-state index contributed by atoms with van der Waals surface area (Å²) < 4.78 is 0. The zero-order valence-corrected chi connectivity index (χ0v) is 15.5. The van der Waals surface area contributed by atoms with Gasteiger partial charge in [-0.2, -0.15) is 0 Å². The molecule has 26 heavy (non-hydrogen) atoms. The summed E-state index contributed by atoms with van der Waals surface area (Å²) >= 11 is 0. The van der Waals surface area contributed by atoms with Crippen LogP contribution >= 0.6 is 0 Å². The predicted molar refractivity (Wildman–Crippen MR) is 104 cm³/mol. The first-order valence-corrected chi connectivity index (χ1v) is 9.59. The monoisotopic (exact) mass is 344 g/mol. The molecule has 0 bridgehead atoms. The first kappa shape index (κ1) is 16.0. The van der Waals surface area contributed by atoms with E-state index in [9.17, 15) is 4.79 Å². The second kappa shape index (κ2) is 5.62. The molecule has 0 atom stereocenters. The first-order valence-electron chi connectivity index (χ1n) is 9.59. The second-order valence-corrected chi connectivity index (χ2v) is 8.21. The SMILES string of the molecule is Cc1ccc2c(n1)CC=C2c1ccc2c(c1)C1(CCN(C)CC1)CC2=O. The van der Waals surface area contributed by atoms with Gasteiger partial charge in [-0.3, -0.25) is 9.78 Å². The molecule has 0 radical (unpaired) electrons. The standard InChI is InChI=1S/C23H24N2O/c1-15-3-5-18-17(7-8-21(18)24-15)16-4-6-19-20(13-16)23(14-22(19)26)9-11-25(2)12-10-23/h3-7,13H,8-12,14H2,1-2H3. The summed E-state index contributed by atoms with van der Waals surface area (Å²) in [5.41, 5.74) is 8.31. The minimum atomic E-state index is 0.0580. The van der Waals surface area contributed by atoms with Crippen LogP contribution in [0.3, 0.4) is 0 Å². The van der Waals surface area contributed by atoms with E-state index in [2.05, 4.69) is 48.4 Å². The number of hydrogen-bond acceptors (Lipinski definition) is 3. The van der Waals surface area contributed by atoms with Crippen molar-refractivity contribution in [3.05, 3.63) is 70.0 Å². The third kappa shape index (κ3) is 2.30. The molecule has 5 rings (SSSR count). The lowest BCUT2D eigenvalue weighted by molar-refractivity contribution is 0.0945. The summed E-state index contributed by atoms with van der Waals surface area (Å²) in [7, 11) is 2.18. The summed E-state index contributed by atoms with van der Waals surface area (Å²) in [6.45, 7) is 4.19. The van der Waals surface area contributed by atoms with Gasteiger partial charge in [0, 0.05) is 35.1 Å². The minimum Gasteiger partial charge on any atom is -0.306 e. The number of benzene rings is 1. The molecule has 2 aliphatic carbocycles. The molecule has 1 aromatic heterocycles. The van der Waals surface area contributed by atoms with Crippen LogP contribution in [0.4, 0.5) is 0 Å². The number of hydrogen-bond donors (Lipinski definition) is 0. The Morgan fingerprint density at radius 2 is 1.85 bits per heavy atom. The van der Waals surface area contributed by atoms with E-state index in [0.29, 0.717) is 12.2 Å². The molecule has 0 N–H and O–H groups in total. The quantitative estimate of drug-likeness (QED) is 0.786. The molecular formula is C23H24N2O. The van der Waals surface area contributed by atoms with Crippen LogP contribution in [0.5, 0.6) is 0 Å². The van der Waals surface area contributed by atoms with Gasteiger partial charge in [0.2, 0.25) is 0 Å².